The van der Waals surface area contributed by atoms with Crippen molar-refractivity contribution in [3.8, 4) is 0 Å². The molecule has 2 aliphatic heterocycles. The lowest BCUT2D eigenvalue weighted by Crippen LogP contribution is -2.49. The Bertz CT molecular complexity index is 1120. The van der Waals surface area contributed by atoms with Crippen LogP contribution < -0.4 is 20.4 Å². The van der Waals surface area contributed by atoms with E-state index >= 15 is 0 Å². The quantitative estimate of drug-likeness (QED) is 0.686. The highest BCUT2D eigenvalue weighted by atomic mass is 16.2. The van der Waals surface area contributed by atoms with E-state index < -0.39 is 0 Å². The maximum atomic E-state index is 13.1. The first kappa shape index (κ1) is 18.9. The summed E-state index contributed by atoms with van der Waals surface area (Å²) >= 11 is 0. The Morgan fingerprint density at radius 1 is 1.27 bits per heavy atom. The largest absolute Gasteiger partial charge is 0.368 e. The van der Waals surface area contributed by atoms with Crippen LogP contribution in [0.5, 0.6) is 0 Å². The van der Waals surface area contributed by atoms with E-state index in [1.807, 2.05) is 42.9 Å². The highest BCUT2D eigenvalue weighted by molar-refractivity contribution is 6.03. The minimum atomic E-state index is -0.150. The predicted octanol–water partition coefficient (Wildman–Crippen LogP) is 2.74. The summed E-state index contributed by atoms with van der Waals surface area (Å²) in [5, 5.41) is 6.53. The normalized spacial score (nSPS) is 18.7. The number of anilines is 3. The smallest absolute Gasteiger partial charge is 0.327 e. The summed E-state index contributed by atoms with van der Waals surface area (Å²) in [6.07, 6.45) is 6.51. The highest BCUT2D eigenvalue weighted by Crippen LogP contribution is 2.34. The zero-order chi connectivity index (χ0) is 20.8. The molecule has 0 unspecified atom stereocenters. The summed E-state index contributed by atoms with van der Waals surface area (Å²) in [6, 6.07) is 4.34. The third-order valence-electron chi connectivity index (χ3n) is 5.91. The molecule has 8 heteroatoms. The number of hydrogen-bond acceptors (Lipinski definition) is 5. The fourth-order valence-corrected chi connectivity index (χ4v) is 4.57. The van der Waals surface area contributed by atoms with Crippen LogP contribution in [0.25, 0.3) is 5.65 Å². The number of amides is 2. The standard InChI is InChI=1S/C22H27N7O/c1-14-10-17(13-28-12-16(3)25-20(14)28)26-22(30)29-8-5-18-19(4-6-24-21(18)29)27-9-7-23-15(2)11-27/h4,6,10,12-13,15,23H,5,7-9,11H2,1-3H3,(H,26,30)/t15-/m0/s1. The van der Waals surface area contributed by atoms with Crippen molar-refractivity contribution in [2.45, 2.75) is 33.2 Å². The zero-order valence-electron chi connectivity index (χ0n) is 17.6. The molecule has 30 heavy (non-hydrogen) atoms. The molecule has 3 aromatic rings. The van der Waals surface area contributed by atoms with Crippen LogP contribution >= 0.6 is 0 Å². The Kier molecular flexibility index (Phi) is 4.58. The second-order valence-corrected chi connectivity index (χ2v) is 8.29. The first-order valence-electron chi connectivity index (χ1n) is 10.5. The van der Waals surface area contributed by atoms with Gasteiger partial charge in [-0.1, -0.05) is 0 Å². The highest BCUT2D eigenvalue weighted by Gasteiger charge is 2.30. The summed E-state index contributed by atoms with van der Waals surface area (Å²) in [7, 11) is 0. The molecule has 5 rings (SSSR count). The molecule has 1 saturated heterocycles. The predicted molar refractivity (Wildman–Crippen MR) is 119 cm³/mol. The van der Waals surface area contributed by atoms with Crippen LogP contribution in [0.4, 0.5) is 22.0 Å². The van der Waals surface area contributed by atoms with Crippen molar-refractivity contribution in [2.75, 3.05) is 41.3 Å². The zero-order valence-corrected chi connectivity index (χ0v) is 17.6. The van der Waals surface area contributed by atoms with Crippen LogP contribution in [0, 0.1) is 13.8 Å². The number of hydrogen-bond donors (Lipinski definition) is 2. The number of nitrogens with zero attached hydrogens (tertiary/aromatic N) is 5. The van der Waals surface area contributed by atoms with Gasteiger partial charge in [-0.15, -0.1) is 0 Å². The number of piperazine rings is 1. The Morgan fingerprint density at radius 2 is 2.13 bits per heavy atom. The molecule has 0 radical (unpaired) electrons. The summed E-state index contributed by atoms with van der Waals surface area (Å²) in [5.74, 6) is 0.771. The number of aromatic nitrogens is 3. The molecular formula is C22H27N7O. The van der Waals surface area contributed by atoms with Crippen LogP contribution in [0.15, 0.2) is 30.7 Å². The molecule has 3 aromatic heterocycles. The lowest BCUT2D eigenvalue weighted by atomic mass is 10.1. The second kappa shape index (κ2) is 7.28. The van der Waals surface area contributed by atoms with Crippen LogP contribution in [0.3, 0.4) is 0 Å². The molecule has 1 fully saturated rings. The monoisotopic (exact) mass is 405 g/mol. The van der Waals surface area contributed by atoms with E-state index in [0.717, 1.165) is 54.5 Å². The fraction of sp³-hybridized carbons (Fsp3) is 0.409. The lowest BCUT2D eigenvalue weighted by molar-refractivity contribution is 0.257. The van der Waals surface area contributed by atoms with Crippen LogP contribution in [0.2, 0.25) is 0 Å². The number of rotatable bonds is 2. The number of nitrogens with one attached hydrogen (secondary N) is 2. The van der Waals surface area contributed by atoms with Crippen molar-refractivity contribution in [2.24, 2.45) is 0 Å². The molecular weight excluding hydrogens is 378 g/mol. The van der Waals surface area contributed by atoms with Gasteiger partial charge in [-0.2, -0.15) is 0 Å². The van der Waals surface area contributed by atoms with Gasteiger partial charge < -0.3 is 19.9 Å². The van der Waals surface area contributed by atoms with Crippen LogP contribution in [0.1, 0.15) is 23.7 Å². The summed E-state index contributed by atoms with van der Waals surface area (Å²) < 4.78 is 1.96. The molecule has 1 atom stereocenters. The molecule has 0 aliphatic carbocycles. The van der Waals surface area contributed by atoms with Crippen molar-refractivity contribution in [1.82, 2.24) is 19.7 Å². The van der Waals surface area contributed by atoms with Gasteiger partial charge in [0.2, 0.25) is 0 Å². The van der Waals surface area contributed by atoms with Gasteiger partial charge in [-0.05, 0) is 44.9 Å². The van der Waals surface area contributed by atoms with Gasteiger partial charge in [0.05, 0.1) is 11.4 Å². The summed E-state index contributed by atoms with van der Waals surface area (Å²) in [5.41, 5.74) is 6.01. The Labute approximate surface area is 175 Å². The first-order valence-corrected chi connectivity index (χ1v) is 10.5. The maximum Gasteiger partial charge on any atom is 0.327 e. The van der Waals surface area contributed by atoms with E-state index in [-0.39, 0.29) is 6.03 Å². The SMILES string of the molecule is Cc1cn2cc(NC(=O)N3CCc4c(N5CCN[C@@H](C)C5)ccnc43)cc(C)c2n1. The van der Waals surface area contributed by atoms with Gasteiger partial charge in [0.25, 0.3) is 0 Å². The molecule has 0 saturated carbocycles. The van der Waals surface area contributed by atoms with E-state index in [4.69, 9.17) is 0 Å². The maximum absolute atomic E-state index is 13.1. The average Bonchev–Trinajstić information content (AvgIpc) is 3.31. The minimum absolute atomic E-state index is 0.150. The van der Waals surface area contributed by atoms with Gasteiger partial charge in [-0.25, -0.2) is 14.8 Å². The Morgan fingerprint density at radius 3 is 2.97 bits per heavy atom. The number of imidazole rings is 1. The molecule has 0 spiro atoms. The number of carbonyl (C=O) groups is 1. The van der Waals surface area contributed by atoms with Gasteiger partial charge >= 0.3 is 6.03 Å². The van der Waals surface area contributed by atoms with Crippen molar-refractivity contribution in [1.29, 1.82) is 0 Å². The lowest BCUT2D eigenvalue weighted by Gasteiger charge is -2.34. The number of fused-ring (bicyclic) bond motifs is 2. The molecule has 156 valence electrons. The van der Waals surface area contributed by atoms with E-state index in [1.54, 1.807) is 4.90 Å². The second-order valence-electron chi connectivity index (χ2n) is 8.29. The van der Waals surface area contributed by atoms with Gasteiger partial charge in [0.1, 0.15) is 11.5 Å². The van der Waals surface area contributed by atoms with E-state index in [2.05, 4.69) is 38.5 Å². The molecule has 8 nitrogen and oxygen atoms in total. The number of aryl methyl sites for hydroxylation is 2. The van der Waals surface area contributed by atoms with Crippen molar-refractivity contribution in [3.05, 3.63) is 47.5 Å². The molecule has 2 amide bonds. The number of pyridine rings is 2. The fourth-order valence-electron chi connectivity index (χ4n) is 4.57. The summed E-state index contributed by atoms with van der Waals surface area (Å²) in [4.78, 5) is 26.3. The van der Waals surface area contributed by atoms with Crippen molar-refractivity contribution in [3.63, 3.8) is 0 Å². The first-order chi connectivity index (χ1) is 14.5. The van der Waals surface area contributed by atoms with Crippen LogP contribution in [-0.2, 0) is 6.42 Å². The average molecular weight is 406 g/mol. The number of urea groups is 1. The third-order valence-corrected chi connectivity index (χ3v) is 5.91. The van der Waals surface area contributed by atoms with E-state index in [1.165, 1.54) is 11.3 Å². The molecule has 0 aromatic carbocycles. The third kappa shape index (κ3) is 3.27. The van der Waals surface area contributed by atoms with Crippen molar-refractivity contribution >= 4 is 28.9 Å². The Hall–Kier alpha value is -3.13. The molecule has 0 bridgehead atoms. The topological polar surface area (TPSA) is 77.8 Å². The van der Waals surface area contributed by atoms with Gasteiger partial charge in [0, 0.05) is 62.1 Å². The summed E-state index contributed by atoms with van der Waals surface area (Å²) in [6.45, 7) is 9.71. The van der Waals surface area contributed by atoms with E-state index in [9.17, 15) is 4.79 Å². The van der Waals surface area contributed by atoms with Gasteiger partial charge in [-0.3, -0.25) is 4.90 Å². The molecule has 2 N–H and O–H groups in total. The van der Waals surface area contributed by atoms with Crippen molar-refractivity contribution < 1.29 is 4.79 Å². The van der Waals surface area contributed by atoms with Gasteiger partial charge in [0.15, 0.2) is 0 Å². The van der Waals surface area contributed by atoms with E-state index in [0.29, 0.717) is 12.6 Å². The number of carbonyl (C=O) groups excluding carboxylic acids is 1. The van der Waals surface area contributed by atoms with Crippen LogP contribution in [-0.4, -0.2) is 52.6 Å². The molecule has 5 heterocycles. The minimum Gasteiger partial charge on any atom is -0.368 e. The molecule has 2 aliphatic rings. The Balaban J connectivity index is 1.39.